The number of hydrogen-bond donors (Lipinski definition) is 2. The maximum atomic E-state index is 13.5. The molecule has 1 saturated heterocycles. The molecule has 3 aromatic rings. The zero-order valence-corrected chi connectivity index (χ0v) is 19.0. The van der Waals surface area contributed by atoms with Gasteiger partial charge in [0.2, 0.25) is 11.8 Å². The molecule has 32 heavy (non-hydrogen) atoms. The summed E-state index contributed by atoms with van der Waals surface area (Å²) >= 11 is 0. The lowest BCUT2D eigenvalue weighted by Gasteiger charge is -2.34. The van der Waals surface area contributed by atoms with Crippen molar-refractivity contribution in [2.24, 2.45) is 11.8 Å². The van der Waals surface area contributed by atoms with Gasteiger partial charge >= 0.3 is 0 Å². The van der Waals surface area contributed by atoms with E-state index in [1.165, 1.54) is 5.56 Å². The molecule has 1 aliphatic heterocycles. The smallest absolute Gasteiger partial charge is 0.245 e. The predicted molar refractivity (Wildman–Crippen MR) is 128 cm³/mol. The summed E-state index contributed by atoms with van der Waals surface area (Å²) in [5.74, 6) is 0.383. The molecule has 1 aliphatic rings. The lowest BCUT2D eigenvalue weighted by Crippen LogP contribution is -2.52. The third-order valence-corrected chi connectivity index (χ3v) is 6.53. The van der Waals surface area contributed by atoms with Crippen molar-refractivity contribution in [1.29, 1.82) is 0 Å². The first-order valence-electron chi connectivity index (χ1n) is 11.7. The van der Waals surface area contributed by atoms with Crippen molar-refractivity contribution in [3.63, 3.8) is 0 Å². The number of amides is 2. The number of carbonyl (C=O) groups is 2. The number of piperidine rings is 1. The number of aromatic nitrogens is 1. The number of hydrogen-bond acceptors (Lipinski definition) is 2. The molecule has 0 bridgehead atoms. The molecule has 2 amide bonds. The highest BCUT2D eigenvalue weighted by Crippen LogP contribution is 2.24. The van der Waals surface area contributed by atoms with Gasteiger partial charge in [0.05, 0.1) is 0 Å². The van der Waals surface area contributed by atoms with Crippen LogP contribution in [0.15, 0.2) is 60.8 Å². The van der Waals surface area contributed by atoms with Gasteiger partial charge in [-0.05, 0) is 42.4 Å². The van der Waals surface area contributed by atoms with Crippen molar-refractivity contribution in [1.82, 2.24) is 15.2 Å². The average Bonchev–Trinajstić information content (AvgIpc) is 3.22. The molecule has 1 atom stereocenters. The summed E-state index contributed by atoms with van der Waals surface area (Å²) < 4.78 is 0. The number of likely N-dealkylation sites (tertiary alicyclic amines) is 1. The van der Waals surface area contributed by atoms with Crippen LogP contribution in [-0.2, 0) is 22.4 Å². The number of nitrogens with zero attached hydrogens (tertiary/aromatic N) is 1. The van der Waals surface area contributed by atoms with Crippen molar-refractivity contribution in [3.05, 3.63) is 71.9 Å². The molecule has 2 aromatic carbocycles. The minimum atomic E-state index is -0.547. The molecule has 168 valence electrons. The Bertz CT molecular complexity index is 1050. The van der Waals surface area contributed by atoms with Crippen molar-refractivity contribution >= 4 is 22.7 Å². The molecule has 1 fully saturated rings. The average molecular weight is 432 g/mol. The van der Waals surface area contributed by atoms with Crippen molar-refractivity contribution in [2.75, 3.05) is 13.1 Å². The summed E-state index contributed by atoms with van der Waals surface area (Å²) in [6, 6.07) is 18.1. The van der Waals surface area contributed by atoms with Gasteiger partial charge in [-0.2, -0.15) is 0 Å². The van der Waals surface area contributed by atoms with Gasteiger partial charge in [-0.25, -0.2) is 0 Å². The Morgan fingerprint density at radius 1 is 1.03 bits per heavy atom. The van der Waals surface area contributed by atoms with Crippen molar-refractivity contribution in [3.8, 4) is 0 Å². The molecule has 1 unspecified atom stereocenters. The fraction of sp³-hybridized carbons (Fsp3) is 0.407. The van der Waals surface area contributed by atoms with Crippen molar-refractivity contribution in [2.45, 2.75) is 45.6 Å². The third kappa shape index (κ3) is 5.21. The van der Waals surface area contributed by atoms with Crippen LogP contribution in [0.4, 0.5) is 0 Å². The zero-order chi connectivity index (χ0) is 22.5. The van der Waals surface area contributed by atoms with Crippen LogP contribution in [0, 0.1) is 11.8 Å². The quantitative estimate of drug-likeness (QED) is 0.585. The van der Waals surface area contributed by atoms with E-state index in [1.54, 1.807) is 0 Å². The molecule has 1 aromatic heterocycles. The minimum absolute atomic E-state index is 0.0300. The number of rotatable bonds is 7. The van der Waals surface area contributed by atoms with Crippen LogP contribution in [0.1, 0.15) is 37.8 Å². The van der Waals surface area contributed by atoms with Gasteiger partial charge in [-0.15, -0.1) is 0 Å². The Hall–Kier alpha value is -3.08. The van der Waals surface area contributed by atoms with Gasteiger partial charge in [0.25, 0.3) is 0 Å². The van der Waals surface area contributed by atoms with Gasteiger partial charge < -0.3 is 15.2 Å². The maximum absolute atomic E-state index is 13.5. The molecule has 0 aliphatic carbocycles. The Kier molecular flexibility index (Phi) is 6.93. The van der Waals surface area contributed by atoms with E-state index in [2.05, 4.69) is 40.6 Å². The van der Waals surface area contributed by atoms with Gasteiger partial charge in [-0.1, -0.05) is 62.4 Å². The van der Waals surface area contributed by atoms with Crippen LogP contribution >= 0.6 is 0 Å². The summed E-state index contributed by atoms with van der Waals surface area (Å²) in [5, 5.41) is 4.13. The molecule has 2 heterocycles. The fourth-order valence-electron chi connectivity index (χ4n) is 4.58. The van der Waals surface area contributed by atoms with E-state index in [1.807, 2.05) is 49.2 Å². The molecule has 0 spiro atoms. The number of H-pyrrole nitrogens is 1. The van der Waals surface area contributed by atoms with E-state index in [0.29, 0.717) is 12.3 Å². The first-order valence-corrected chi connectivity index (χ1v) is 11.7. The summed E-state index contributed by atoms with van der Waals surface area (Å²) in [5.41, 5.74) is 3.46. The number of para-hydroxylation sites is 1. The predicted octanol–water partition coefficient (Wildman–Crippen LogP) is 4.33. The summed E-state index contributed by atoms with van der Waals surface area (Å²) in [6.45, 7) is 5.21. The highest BCUT2D eigenvalue weighted by Gasteiger charge is 2.30. The van der Waals surface area contributed by atoms with Crippen LogP contribution in [0.2, 0.25) is 0 Å². The minimum Gasteiger partial charge on any atom is -0.361 e. The zero-order valence-electron chi connectivity index (χ0n) is 19.0. The SMILES string of the molecule is CC(C)C(=O)NC(Cc1c[nH]c2ccccc12)C(=O)N1CCC(Cc2ccccc2)CC1. The fourth-order valence-corrected chi connectivity index (χ4v) is 4.58. The van der Waals surface area contributed by atoms with Gasteiger partial charge in [0.1, 0.15) is 6.04 Å². The second-order valence-corrected chi connectivity index (χ2v) is 9.24. The first-order chi connectivity index (χ1) is 15.5. The lowest BCUT2D eigenvalue weighted by atomic mass is 9.89. The Labute approximate surface area is 190 Å². The van der Waals surface area contributed by atoms with E-state index in [9.17, 15) is 9.59 Å². The standard InChI is InChI=1S/C27H33N3O2/c1-19(2)26(31)29-25(17-22-18-28-24-11-7-6-10-23(22)24)27(32)30-14-12-21(13-15-30)16-20-8-4-3-5-9-20/h3-11,18-19,21,25,28H,12-17H2,1-2H3,(H,29,31). The number of fused-ring (bicyclic) bond motifs is 1. The molecular formula is C27H33N3O2. The molecule has 0 saturated carbocycles. The summed E-state index contributed by atoms with van der Waals surface area (Å²) in [4.78, 5) is 31.2. The van der Waals surface area contributed by atoms with E-state index < -0.39 is 6.04 Å². The second-order valence-electron chi connectivity index (χ2n) is 9.24. The molecule has 5 nitrogen and oxygen atoms in total. The van der Waals surface area contributed by atoms with Crippen LogP contribution < -0.4 is 5.32 Å². The number of benzene rings is 2. The lowest BCUT2D eigenvalue weighted by molar-refractivity contribution is -0.138. The number of aromatic amines is 1. The molecule has 5 heteroatoms. The monoisotopic (exact) mass is 431 g/mol. The van der Waals surface area contributed by atoms with Gasteiger partial charge in [0, 0.05) is 42.5 Å². The Morgan fingerprint density at radius 3 is 2.44 bits per heavy atom. The van der Waals surface area contributed by atoms with Gasteiger partial charge in [0.15, 0.2) is 0 Å². The maximum Gasteiger partial charge on any atom is 0.245 e. The number of carbonyl (C=O) groups excluding carboxylic acids is 2. The van der Waals surface area contributed by atoms with Crippen LogP contribution in [-0.4, -0.2) is 40.8 Å². The molecule has 4 rings (SSSR count). The highest BCUT2D eigenvalue weighted by molar-refractivity contribution is 5.90. The largest absolute Gasteiger partial charge is 0.361 e. The van der Waals surface area contributed by atoms with Crippen LogP contribution in [0.3, 0.4) is 0 Å². The Balaban J connectivity index is 1.43. The molecule has 2 N–H and O–H groups in total. The first kappa shape index (κ1) is 22.1. The normalized spacial score (nSPS) is 15.8. The Morgan fingerprint density at radius 2 is 1.72 bits per heavy atom. The summed E-state index contributed by atoms with van der Waals surface area (Å²) in [7, 11) is 0. The number of nitrogens with one attached hydrogen (secondary N) is 2. The molecule has 0 radical (unpaired) electrons. The van der Waals surface area contributed by atoms with E-state index >= 15 is 0 Å². The highest BCUT2D eigenvalue weighted by atomic mass is 16.2. The van der Waals surface area contributed by atoms with Gasteiger partial charge in [-0.3, -0.25) is 9.59 Å². The van der Waals surface area contributed by atoms with E-state index in [0.717, 1.165) is 48.8 Å². The third-order valence-electron chi connectivity index (χ3n) is 6.53. The molecular weight excluding hydrogens is 398 g/mol. The summed E-state index contributed by atoms with van der Waals surface area (Å²) in [6.07, 6.45) is 5.51. The van der Waals surface area contributed by atoms with Crippen LogP contribution in [0.5, 0.6) is 0 Å². The van der Waals surface area contributed by atoms with Crippen molar-refractivity contribution < 1.29 is 9.59 Å². The van der Waals surface area contributed by atoms with Crippen LogP contribution in [0.25, 0.3) is 10.9 Å². The van der Waals surface area contributed by atoms with E-state index in [4.69, 9.17) is 0 Å². The van der Waals surface area contributed by atoms with E-state index in [-0.39, 0.29) is 17.7 Å². The topological polar surface area (TPSA) is 65.2 Å². The second kappa shape index (κ2) is 10.0.